The zero-order chi connectivity index (χ0) is 13.0. The molecule has 0 saturated carbocycles. The molecule has 0 bridgehead atoms. The monoisotopic (exact) mass is 273 g/mol. The molecule has 0 spiro atoms. The molecule has 1 aromatic rings. The van der Waals surface area contributed by atoms with Gasteiger partial charge in [0.05, 0.1) is 37.4 Å². The van der Waals surface area contributed by atoms with Crippen LogP contribution in [0.15, 0.2) is 18.2 Å². The van der Waals surface area contributed by atoms with Crippen LogP contribution in [-0.4, -0.2) is 31.8 Å². The predicted molar refractivity (Wildman–Crippen MR) is 65.2 cm³/mol. The summed E-state index contributed by atoms with van der Waals surface area (Å²) in [5, 5.41) is 2.61. The smallest absolute Gasteiger partial charge is 0.227 e. The van der Waals surface area contributed by atoms with Crippen LogP contribution in [0.2, 0.25) is 5.02 Å². The summed E-state index contributed by atoms with van der Waals surface area (Å²) >= 11 is 5.62. The van der Waals surface area contributed by atoms with Gasteiger partial charge in [0.2, 0.25) is 5.91 Å². The van der Waals surface area contributed by atoms with Crippen LogP contribution in [0, 0.1) is 5.82 Å². The quantitative estimate of drug-likeness (QED) is 0.919. The number of rotatable bonds is 3. The third-order valence-electron chi connectivity index (χ3n) is 2.50. The summed E-state index contributed by atoms with van der Waals surface area (Å²) < 4.78 is 23.5. The maximum atomic E-state index is 12.9. The highest BCUT2D eigenvalue weighted by molar-refractivity contribution is 6.31. The molecule has 1 heterocycles. The summed E-state index contributed by atoms with van der Waals surface area (Å²) in [6.45, 7) is 1.48. The SMILES string of the molecule is O=C(CC1COCCO1)Nc1ccc(F)c(Cl)c1. The molecule has 1 atom stereocenters. The molecule has 98 valence electrons. The van der Waals surface area contributed by atoms with Crippen LogP contribution in [0.4, 0.5) is 10.1 Å². The molecule has 18 heavy (non-hydrogen) atoms. The second kappa shape index (κ2) is 6.13. The first-order valence-electron chi connectivity index (χ1n) is 5.59. The molecule has 0 radical (unpaired) electrons. The van der Waals surface area contributed by atoms with Gasteiger partial charge in [-0.15, -0.1) is 0 Å². The molecule has 1 aromatic carbocycles. The van der Waals surface area contributed by atoms with Crippen molar-refractivity contribution in [1.29, 1.82) is 0 Å². The second-order valence-electron chi connectivity index (χ2n) is 3.95. The minimum absolute atomic E-state index is 0.0231. The third kappa shape index (κ3) is 3.66. The number of hydrogen-bond acceptors (Lipinski definition) is 3. The Morgan fingerprint density at radius 2 is 2.33 bits per heavy atom. The molecule has 1 N–H and O–H groups in total. The van der Waals surface area contributed by atoms with E-state index in [1.165, 1.54) is 18.2 Å². The zero-order valence-electron chi connectivity index (χ0n) is 9.62. The number of nitrogens with one attached hydrogen (secondary N) is 1. The van der Waals surface area contributed by atoms with E-state index >= 15 is 0 Å². The molecule has 0 aromatic heterocycles. The van der Waals surface area contributed by atoms with Crippen molar-refractivity contribution in [2.75, 3.05) is 25.1 Å². The lowest BCUT2D eigenvalue weighted by molar-refractivity contribution is -0.126. The van der Waals surface area contributed by atoms with Gasteiger partial charge in [-0.1, -0.05) is 11.6 Å². The Bertz CT molecular complexity index is 435. The van der Waals surface area contributed by atoms with Crippen molar-refractivity contribution in [1.82, 2.24) is 0 Å². The van der Waals surface area contributed by atoms with Gasteiger partial charge < -0.3 is 14.8 Å². The van der Waals surface area contributed by atoms with E-state index in [1.54, 1.807) is 0 Å². The lowest BCUT2D eigenvalue weighted by Crippen LogP contribution is -2.32. The van der Waals surface area contributed by atoms with Crippen molar-refractivity contribution in [3.05, 3.63) is 29.0 Å². The van der Waals surface area contributed by atoms with Gasteiger partial charge in [0.15, 0.2) is 0 Å². The van der Waals surface area contributed by atoms with E-state index in [9.17, 15) is 9.18 Å². The van der Waals surface area contributed by atoms with Crippen molar-refractivity contribution < 1.29 is 18.7 Å². The topological polar surface area (TPSA) is 47.6 Å². The van der Waals surface area contributed by atoms with Gasteiger partial charge in [-0.3, -0.25) is 4.79 Å². The minimum Gasteiger partial charge on any atom is -0.376 e. The fraction of sp³-hybridized carbons (Fsp3) is 0.417. The Hall–Kier alpha value is -1.17. The number of hydrogen-bond donors (Lipinski definition) is 1. The Morgan fingerprint density at radius 3 is 3.00 bits per heavy atom. The van der Waals surface area contributed by atoms with Crippen LogP contribution in [0.5, 0.6) is 0 Å². The van der Waals surface area contributed by atoms with Crippen molar-refractivity contribution in [2.24, 2.45) is 0 Å². The summed E-state index contributed by atoms with van der Waals surface area (Å²) in [6, 6.07) is 4.03. The number of ether oxygens (including phenoxy) is 2. The summed E-state index contributed by atoms with van der Waals surface area (Å²) in [7, 11) is 0. The van der Waals surface area contributed by atoms with Crippen LogP contribution in [0.25, 0.3) is 0 Å². The maximum absolute atomic E-state index is 12.9. The number of amides is 1. The molecule has 1 fully saturated rings. The van der Waals surface area contributed by atoms with Gasteiger partial charge >= 0.3 is 0 Å². The molecule has 1 unspecified atom stereocenters. The highest BCUT2D eigenvalue weighted by Gasteiger charge is 2.18. The van der Waals surface area contributed by atoms with E-state index in [0.29, 0.717) is 25.5 Å². The molecule has 1 amide bonds. The van der Waals surface area contributed by atoms with Gasteiger partial charge in [0.25, 0.3) is 0 Å². The van der Waals surface area contributed by atoms with Crippen molar-refractivity contribution in [3.8, 4) is 0 Å². The van der Waals surface area contributed by atoms with E-state index in [2.05, 4.69) is 5.32 Å². The third-order valence-corrected chi connectivity index (χ3v) is 2.79. The standard InChI is InChI=1S/C12H13ClFNO3/c13-10-5-8(1-2-11(10)14)15-12(16)6-9-7-17-3-4-18-9/h1-2,5,9H,3-4,6-7H2,(H,15,16). The summed E-state index contributed by atoms with van der Waals surface area (Å²) in [6.07, 6.45) is -0.0238. The highest BCUT2D eigenvalue weighted by Crippen LogP contribution is 2.19. The molecule has 6 heteroatoms. The van der Waals surface area contributed by atoms with E-state index < -0.39 is 5.82 Å². The molecular weight excluding hydrogens is 261 g/mol. The Morgan fingerprint density at radius 1 is 1.50 bits per heavy atom. The van der Waals surface area contributed by atoms with Gasteiger partial charge in [-0.2, -0.15) is 0 Å². The largest absolute Gasteiger partial charge is 0.376 e. The van der Waals surface area contributed by atoms with E-state index in [-0.39, 0.29) is 23.5 Å². The van der Waals surface area contributed by atoms with Crippen LogP contribution in [0.1, 0.15) is 6.42 Å². The second-order valence-corrected chi connectivity index (χ2v) is 4.36. The van der Waals surface area contributed by atoms with Crippen molar-refractivity contribution in [2.45, 2.75) is 12.5 Å². The lowest BCUT2D eigenvalue weighted by atomic mass is 10.2. The Kier molecular flexibility index (Phi) is 4.52. The highest BCUT2D eigenvalue weighted by atomic mass is 35.5. The molecule has 4 nitrogen and oxygen atoms in total. The van der Waals surface area contributed by atoms with Crippen molar-refractivity contribution in [3.63, 3.8) is 0 Å². The van der Waals surface area contributed by atoms with Gasteiger partial charge in [0, 0.05) is 5.69 Å². The number of halogens is 2. The fourth-order valence-corrected chi connectivity index (χ4v) is 1.83. The number of anilines is 1. The van der Waals surface area contributed by atoms with Crippen LogP contribution in [0.3, 0.4) is 0 Å². The van der Waals surface area contributed by atoms with E-state index in [4.69, 9.17) is 21.1 Å². The van der Waals surface area contributed by atoms with Crippen LogP contribution >= 0.6 is 11.6 Å². The predicted octanol–water partition coefficient (Wildman–Crippen LogP) is 2.22. The van der Waals surface area contributed by atoms with Gasteiger partial charge in [0.1, 0.15) is 5.82 Å². The molecular formula is C12H13ClFNO3. The van der Waals surface area contributed by atoms with E-state index in [1.807, 2.05) is 0 Å². The summed E-state index contributed by atoms with van der Waals surface area (Å²) in [5.74, 6) is -0.730. The average Bonchev–Trinajstić information content (AvgIpc) is 2.35. The van der Waals surface area contributed by atoms with Crippen LogP contribution < -0.4 is 5.32 Å². The number of carbonyl (C=O) groups excluding carboxylic acids is 1. The first kappa shape index (κ1) is 13.3. The normalized spacial score (nSPS) is 19.6. The molecule has 1 aliphatic rings. The molecule has 0 aliphatic carbocycles. The number of benzene rings is 1. The minimum atomic E-state index is -0.515. The van der Waals surface area contributed by atoms with Crippen LogP contribution in [-0.2, 0) is 14.3 Å². The zero-order valence-corrected chi connectivity index (χ0v) is 10.4. The summed E-state index contributed by atoms with van der Waals surface area (Å²) in [5.41, 5.74) is 0.461. The van der Waals surface area contributed by atoms with Crippen molar-refractivity contribution >= 4 is 23.2 Å². The van der Waals surface area contributed by atoms with Gasteiger partial charge in [-0.05, 0) is 18.2 Å². The molecule has 1 saturated heterocycles. The number of carbonyl (C=O) groups is 1. The van der Waals surface area contributed by atoms with E-state index in [0.717, 1.165) is 0 Å². The lowest BCUT2D eigenvalue weighted by Gasteiger charge is -2.22. The Balaban J connectivity index is 1.88. The Labute approximate surface area is 109 Å². The fourth-order valence-electron chi connectivity index (χ4n) is 1.65. The maximum Gasteiger partial charge on any atom is 0.227 e. The first-order chi connectivity index (χ1) is 8.65. The molecule has 2 rings (SSSR count). The average molecular weight is 274 g/mol. The van der Waals surface area contributed by atoms with Gasteiger partial charge in [-0.25, -0.2) is 4.39 Å². The first-order valence-corrected chi connectivity index (χ1v) is 5.97. The summed E-state index contributed by atoms with van der Waals surface area (Å²) in [4.78, 5) is 11.7. The molecule has 1 aliphatic heterocycles.